The largest absolute Gasteiger partial charge is 0.432 e. The van der Waals surface area contributed by atoms with Crippen molar-refractivity contribution >= 4 is 37.4 Å². The van der Waals surface area contributed by atoms with Crippen molar-refractivity contribution in [2.24, 2.45) is 11.8 Å². The van der Waals surface area contributed by atoms with Gasteiger partial charge in [0.05, 0.1) is 30.7 Å². The van der Waals surface area contributed by atoms with Gasteiger partial charge in [0.1, 0.15) is 0 Å². The van der Waals surface area contributed by atoms with Gasteiger partial charge in [0.25, 0.3) is 5.91 Å². The molecule has 0 aromatic heterocycles. The molecule has 0 saturated carbocycles. The summed E-state index contributed by atoms with van der Waals surface area (Å²) in [5.41, 5.74) is 0.898. The van der Waals surface area contributed by atoms with Gasteiger partial charge >= 0.3 is 0 Å². The maximum Gasteiger partial charge on any atom is 0.264 e. The van der Waals surface area contributed by atoms with Crippen LogP contribution in [0, 0.1) is 11.8 Å². The minimum Gasteiger partial charge on any atom is -0.432 e. The molecule has 45 heavy (non-hydrogen) atoms. The van der Waals surface area contributed by atoms with Gasteiger partial charge in [0, 0.05) is 48.9 Å². The zero-order valence-corrected chi connectivity index (χ0v) is 27.5. The minimum atomic E-state index is -3.00. The number of amides is 3. The highest BCUT2D eigenvalue weighted by Gasteiger charge is 2.66. The Kier molecular flexibility index (Phi) is 9.95. The monoisotopic (exact) mass is 634 g/mol. The number of aliphatic hydroxyl groups is 1. The third kappa shape index (κ3) is 6.50. The van der Waals surface area contributed by atoms with Gasteiger partial charge in [-0.2, -0.15) is 0 Å². The lowest BCUT2D eigenvalue weighted by Gasteiger charge is -2.32. The number of nitrogens with one attached hydrogen (secondary N) is 2. The summed E-state index contributed by atoms with van der Waals surface area (Å²) in [6.07, 6.45) is 2.63. The van der Waals surface area contributed by atoms with E-state index >= 15 is 0 Å². The van der Waals surface area contributed by atoms with Gasteiger partial charge in [-0.25, -0.2) is 0 Å². The summed E-state index contributed by atoms with van der Waals surface area (Å²) in [6, 6.07) is 15.0. The van der Waals surface area contributed by atoms with E-state index in [1.54, 1.807) is 21.9 Å². The second-order valence-corrected chi connectivity index (χ2v) is 17.0. The molecule has 10 nitrogen and oxygen atoms in total. The molecule has 2 aromatic carbocycles. The van der Waals surface area contributed by atoms with Crippen LogP contribution in [0.3, 0.4) is 0 Å². The SMILES string of the molecule is C=CCN1C(=O)[C@]2(O[C@H](CC(=O)N(CCO)Cc3ccccc3)[C@@H]([Si](C)(C)O)[C@@H]2C)c2cc(NC(=O)C3CCCNC3)ccc21. The Morgan fingerprint density at radius 1 is 1.24 bits per heavy atom. The van der Waals surface area contributed by atoms with Crippen LogP contribution in [0.2, 0.25) is 18.6 Å². The topological polar surface area (TPSA) is 131 Å². The molecule has 0 radical (unpaired) electrons. The average molecular weight is 635 g/mol. The van der Waals surface area contributed by atoms with E-state index in [-0.39, 0.29) is 49.8 Å². The van der Waals surface area contributed by atoms with Crippen LogP contribution >= 0.6 is 0 Å². The van der Waals surface area contributed by atoms with Gasteiger partial charge in [-0.1, -0.05) is 43.3 Å². The Hall–Kier alpha value is -3.35. The number of fused-ring (bicyclic) bond motifs is 2. The van der Waals surface area contributed by atoms with E-state index < -0.39 is 31.5 Å². The zero-order valence-electron chi connectivity index (χ0n) is 26.5. The van der Waals surface area contributed by atoms with Crippen molar-refractivity contribution in [1.82, 2.24) is 10.2 Å². The zero-order chi connectivity index (χ0) is 32.4. The molecule has 1 spiro atoms. The lowest BCUT2D eigenvalue weighted by molar-refractivity contribution is -0.149. The molecule has 3 heterocycles. The number of hydrogen-bond donors (Lipinski definition) is 4. The minimum absolute atomic E-state index is 0.0459. The van der Waals surface area contributed by atoms with E-state index in [0.29, 0.717) is 30.0 Å². The Labute approximate surface area is 266 Å². The summed E-state index contributed by atoms with van der Waals surface area (Å²) in [5, 5.41) is 16.1. The predicted octanol–water partition coefficient (Wildman–Crippen LogP) is 3.37. The molecule has 0 aliphatic carbocycles. The number of benzene rings is 2. The van der Waals surface area contributed by atoms with Crippen molar-refractivity contribution in [2.75, 3.05) is 43.0 Å². The molecule has 5 rings (SSSR count). The van der Waals surface area contributed by atoms with Crippen molar-refractivity contribution < 1.29 is 29.0 Å². The first-order valence-corrected chi connectivity index (χ1v) is 19.0. The second kappa shape index (κ2) is 13.6. The van der Waals surface area contributed by atoms with E-state index in [2.05, 4.69) is 17.2 Å². The highest BCUT2D eigenvalue weighted by atomic mass is 28.4. The molecule has 4 N–H and O–H groups in total. The number of carbonyl (C=O) groups is 3. The summed E-state index contributed by atoms with van der Waals surface area (Å²) in [4.78, 5) is 56.2. The molecular formula is C34H46N4O6Si. The highest BCUT2D eigenvalue weighted by molar-refractivity contribution is 6.71. The molecule has 0 bridgehead atoms. The van der Waals surface area contributed by atoms with Gasteiger partial charge < -0.3 is 35.1 Å². The fourth-order valence-electron chi connectivity index (χ4n) is 7.50. The van der Waals surface area contributed by atoms with Crippen LogP contribution < -0.4 is 15.5 Å². The molecule has 5 atom stereocenters. The van der Waals surface area contributed by atoms with Crippen LogP contribution in [0.5, 0.6) is 0 Å². The first kappa shape index (κ1) is 33.0. The lowest BCUT2D eigenvalue weighted by atomic mass is 9.82. The van der Waals surface area contributed by atoms with Crippen molar-refractivity contribution in [2.45, 2.75) is 63.1 Å². The number of rotatable bonds is 11. The maximum absolute atomic E-state index is 14.4. The smallest absolute Gasteiger partial charge is 0.264 e. The molecule has 3 amide bonds. The number of nitrogens with zero attached hydrogens (tertiary/aromatic N) is 2. The molecule has 2 aromatic rings. The first-order valence-electron chi connectivity index (χ1n) is 15.9. The van der Waals surface area contributed by atoms with Gasteiger partial charge in [0.2, 0.25) is 11.8 Å². The van der Waals surface area contributed by atoms with E-state index in [4.69, 9.17) is 4.74 Å². The quantitative estimate of drug-likeness (QED) is 0.220. The molecule has 3 aliphatic rings. The molecule has 3 aliphatic heterocycles. The Morgan fingerprint density at radius 3 is 2.64 bits per heavy atom. The van der Waals surface area contributed by atoms with Crippen molar-refractivity contribution in [3.8, 4) is 0 Å². The predicted molar refractivity (Wildman–Crippen MR) is 176 cm³/mol. The van der Waals surface area contributed by atoms with Gasteiger partial charge in [-0.05, 0) is 56.2 Å². The van der Waals surface area contributed by atoms with Crippen LogP contribution in [0.1, 0.15) is 37.3 Å². The first-order chi connectivity index (χ1) is 21.5. The highest BCUT2D eigenvalue weighted by Crippen LogP contribution is 2.60. The van der Waals surface area contributed by atoms with Crippen molar-refractivity contribution in [3.05, 3.63) is 72.3 Å². The van der Waals surface area contributed by atoms with E-state index in [9.17, 15) is 24.3 Å². The van der Waals surface area contributed by atoms with E-state index in [1.807, 2.05) is 62.5 Å². The lowest BCUT2D eigenvalue weighted by Crippen LogP contribution is -2.46. The summed E-state index contributed by atoms with van der Waals surface area (Å²) in [6.45, 7) is 11.5. The van der Waals surface area contributed by atoms with Gasteiger partial charge in [-0.15, -0.1) is 6.58 Å². The van der Waals surface area contributed by atoms with E-state index in [1.165, 1.54) is 0 Å². The Morgan fingerprint density at radius 2 is 2.00 bits per heavy atom. The number of ether oxygens (including phenoxy) is 1. The molecule has 1 unspecified atom stereocenters. The molecule has 2 fully saturated rings. The average Bonchev–Trinajstić information content (AvgIpc) is 3.44. The van der Waals surface area contributed by atoms with Gasteiger partial charge in [-0.3, -0.25) is 14.4 Å². The second-order valence-electron chi connectivity index (χ2n) is 13.1. The number of carbonyl (C=O) groups excluding carboxylic acids is 3. The van der Waals surface area contributed by atoms with Gasteiger partial charge in [0.15, 0.2) is 13.9 Å². The molecule has 11 heteroatoms. The number of anilines is 2. The van der Waals surface area contributed by atoms with Crippen LogP contribution in [0.15, 0.2) is 61.2 Å². The Bertz CT molecular complexity index is 1410. The normalized spacial score (nSPS) is 26.2. The fourth-order valence-corrected chi connectivity index (χ4v) is 10.1. The maximum atomic E-state index is 14.4. The molecule has 2 saturated heterocycles. The summed E-state index contributed by atoms with van der Waals surface area (Å²) < 4.78 is 6.82. The van der Waals surface area contributed by atoms with Crippen LogP contribution in [-0.2, 0) is 31.3 Å². The van der Waals surface area contributed by atoms with E-state index in [0.717, 1.165) is 24.9 Å². The molecular weight excluding hydrogens is 588 g/mol. The van der Waals surface area contributed by atoms with Crippen molar-refractivity contribution in [3.63, 3.8) is 0 Å². The fraction of sp³-hybridized carbons (Fsp3) is 0.500. The summed E-state index contributed by atoms with van der Waals surface area (Å²) in [7, 11) is -3.00. The van der Waals surface area contributed by atoms with Crippen LogP contribution in [-0.4, -0.2) is 79.7 Å². The van der Waals surface area contributed by atoms with Crippen LogP contribution in [0.25, 0.3) is 0 Å². The van der Waals surface area contributed by atoms with Crippen LogP contribution in [0.4, 0.5) is 11.4 Å². The van der Waals surface area contributed by atoms with Crippen molar-refractivity contribution in [1.29, 1.82) is 0 Å². The number of hydrogen-bond acceptors (Lipinski definition) is 7. The Balaban J connectivity index is 1.49. The third-order valence-corrected chi connectivity index (χ3v) is 12.0. The third-order valence-electron chi connectivity index (χ3n) is 9.55. The standard InChI is InChI=1S/C34H46N4O6Si/c1-5-16-38-28-14-13-26(36-32(41)25-12-9-15-35-21-25)19-27(28)34(33(38)42)23(2)31(45(3,4)43)29(44-34)20-30(40)37(17-18-39)22-24-10-7-6-8-11-24/h5-8,10-11,13-14,19,23,25,29,31,35,39,43H,1,9,12,15-18,20-22H2,2-4H3,(H,36,41)/t23-,25?,29+,31-,34+/m0/s1. The number of piperidine rings is 1. The summed E-state index contributed by atoms with van der Waals surface area (Å²) in [5.74, 6) is -1.16. The molecule has 242 valence electrons. The summed E-state index contributed by atoms with van der Waals surface area (Å²) >= 11 is 0. The number of aliphatic hydroxyl groups excluding tert-OH is 1.